The van der Waals surface area contributed by atoms with Gasteiger partial charge in [-0.2, -0.15) is 0 Å². The fourth-order valence-corrected chi connectivity index (χ4v) is 3.46. The van der Waals surface area contributed by atoms with Gasteiger partial charge in [0.15, 0.2) is 0 Å². The van der Waals surface area contributed by atoms with Crippen LogP contribution < -0.4 is 0 Å². The van der Waals surface area contributed by atoms with E-state index in [0.29, 0.717) is 17.7 Å². The van der Waals surface area contributed by atoms with Gasteiger partial charge in [0.1, 0.15) is 0 Å². The predicted octanol–water partition coefficient (Wildman–Crippen LogP) is 3.22. The third-order valence-electron chi connectivity index (χ3n) is 4.43. The van der Waals surface area contributed by atoms with Crippen LogP contribution in [0.2, 0.25) is 0 Å². The van der Waals surface area contributed by atoms with E-state index in [4.69, 9.17) is 9.47 Å². The van der Waals surface area contributed by atoms with Crippen molar-refractivity contribution in [3.8, 4) is 0 Å². The zero-order chi connectivity index (χ0) is 14.1. The van der Waals surface area contributed by atoms with E-state index in [2.05, 4.69) is 39.5 Å². The molecule has 0 saturated carbocycles. The van der Waals surface area contributed by atoms with Gasteiger partial charge in [0.05, 0.1) is 24.9 Å². The zero-order valence-electron chi connectivity index (χ0n) is 13.4. The lowest BCUT2D eigenvalue weighted by atomic mass is 9.95. The van der Waals surface area contributed by atoms with Gasteiger partial charge in [0, 0.05) is 11.6 Å². The molecule has 0 spiro atoms. The van der Waals surface area contributed by atoms with Crippen molar-refractivity contribution in [3.63, 3.8) is 0 Å². The highest BCUT2D eigenvalue weighted by molar-refractivity contribution is 5.04. The average Bonchev–Trinajstić information content (AvgIpc) is 2.81. The Morgan fingerprint density at radius 2 is 2.00 bits per heavy atom. The Bertz CT molecular complexity index is 298. The largest absolute Gasteiger partial charge is 0.377 e. The van der Waals surface area contributed by atoms with Gasteiger partial charge < -0.3 is 9.47 Å². The molecule has 0 amide bonds. The van der Waals surface area contributed by atoms with Crippen LogP contribution in [0.4, 0.5) is 0 Å². The summed E-state index contributed by atoms with van der Waals surface area (Å²) in [6, 6.07) is 0.595. The van der Waals surface area contributed by atoms with Gasteiger partial charge >= 0.3 is 0 Å². The van der Waals surface area contributed by atoms with Gasteiger partial charge in [-0.25, -0.2) is 0 Å². The molecule has 2 aliphatic heterocycles. The minimum Gasteiger partial charge on any atom is -0.377 e. The fourth-order valence-electron chi connectivity index (χ4n) is 3.46. The summed E-state index contributed by atoms with van der Waals surface area (Å²) >= 11 is 0. The maximum atomic E-state index is 6.01. The minimum atomic E-state index is -0.0284. The summed E-state index contributed by atoms with van der Waals surface area (Å²) in [6.45, 7) is 13.7. The van der Waals surface area contributed by atoms with E-state index in [1.54, 1.807) is 0 Å². The molecule has 112 valence electrons. The van der Waals surface area contributed by atoms with E-state index in [9.17, 15) is 0 Å². The van der Waals surface area contributed by atoms with Crippen LogP contribution in [0.5, 0.6) is 0 Å². The minimum absolute atomic E-state index is 0.0284. The second-order valence-electron chi connectivity index (χ2n) is 7.50. The molecular formula is C16H31NO2. The van der Waals surface area contributed by atoms with Gasteiger partial charge in [-0.3, -0.25) is 4.90 Å². The highest BCUT2D eigenvalue weighted by Gasteiger charge is 2.49. The number of ether oxygens (including phenoxy) is 2. The first-order chi connectivity index (χ1) is 8.82. The quantitative estimate of drug-likeness (QED) is 0.765. The highest BCUT2D eigenvalue weighted by Crippen LogP contribution is 2.43. The molecule has 0 N–H and O–H groups in total. The van der Waals surface area contributed by atoms with Crippen molar-refractivity contribution in [2.75, 3.05) is 19.8 Å². The van der Waals surface area contributed by atoms with Crippen LogP contribution in [0.25, 0.3) is 0 Å². The lowest BCUT2D eigenvalue weighted by molar-refractivity contribution is -0.0486. The highest BCUT2D eigenvalue weighted by atomic mass is 16.5. The topological polar surface area (TPSA) is 21.7 Å². The average molecular weight is 269 g/mol. The van der Waals surface area contributed by atoms with Crippen LogP contribution in [-0.4, -0.2) is 47.9 Å². The number of rotatable bonds is 5. The molecule has 0 bridgehead atoms. The second-order valence-corrected chi connectivity index (χ2v) is 7.50. The van der Waals surface area contributed by atoms with Gasteiger partial charge in [-0.15, -0.1) is 0 Å². The Morgan fingerprint density at radius 3 is 2.63 bits per heavy atom. The third-order valence-corrected chi connectivity index (χ3v) is 4.43. The SMILES string of the molecule is CC(C)OC[C@@]12CCCN1[C@H](COC(C)(C)C)CC2. The first-order valence-electron chi connectivity index (χ1n) is 7.85. The molecule has 3 heteroatoms. The Hall–Kier alpha value is -0.120. The van der Waals surface area contributed by atoms with Crippen LogP contribution in [0.3, 0.4) is 0 Å². The monoisotopic (exact) mass is 269 g/mol. The number of nitrogens with zero attached hydrogens (tertiary/aromatic N) is 1. The Balaban J connectivity index is 1.92. The molecule has 2 aliphatic rings. The summed E-state index contributed by atoms with van der Waals surface area (Å²) in [4.78, 5) is 2.68. The smallest absolute Gasteiger partial charge is 0.0654 e. The second kappa shape index (κ2) is 5.71. The van der Waals surface area contributed by atoms with E-state index in [1.807, 2.05) is 0 Å². The Morgan fingerprint density at radius 1 is 1.26 bits per heavy atom. The van der Waals surface area contributed by atoms with Gasteiger partial charge in [-0.05, 0) is 66.8 Å². The molecule has 0 aromatic heterocycles. The summed E-state index contributed by atoms with van der Waals surface area (Å²) in [5, 5.41) is 0. The molecule has 2 atom stereocenters. The summed E-state index contributed by atoms with van der Waals surface area (Å²) in [6.07, 6.45) is 5.48. The first kappa shape index (κ1) is 15.3. The van der Waals surface area contributed by atoms with Crippen molar-refractivity contribution in [1.29, 1.82) is 0 Å². The van der Waals surface area contributed by atoms with Crippen LogP contribution in [-0.2, 0) is 9.47 Å². The molecule has 0 aromatic rings. The molecule has 3 nitrogen and oxygen atoms in total. The standard InChI is InChI=1S/C16H31NO2/c1-13(2)18-12-16-8-6-10-17(16)14(7-9-16)11-19-15(3,4)5/h13-14H,6-12H2,1-5H3/t14-,16-/m0/s1. The lowest BCUT2D eigenvalue weighted by Gasteiger charge is -2.36. The van der Waals surface area contributed by atoms with Crippen molar-refractivity contribution in [3.05, 3.63) is 0 Å². The third kappa shape index (κ3) is 3.71. The van der Waals surface area contributed by atoms with Crippen molar-refractivity contribution >= 4 is 0 Å². The van der Waals surface area contributed by atoms with Crippen molar-refractivity contribution in [2.24, 2.45) is 0 Å². The molecule has 2 heterocycles. The van der Waals surface area contributed by atoms with Crippen LogP contribution in [0, 0.1) is 0 Å². The number of fused-ring (bicyclic) bond motifs is 1. The Kier molecular flexibility index (Phi) is 4.59. The molecule has 0 unspecified atom stereocenters. The number of hydrogen-bond donors (Lipinski definition) is 0. The molecule has 2 saturated heterocycles. The van der Waals surface area contributed by atoms with Crippen LogP contribution in [0.1, 0.15) is 60.3 Å². The summed E-state index contributed by atoms with van der Waals surface area (Å²) in [5.41, 5.74) is 0.287. The molecule has 2 fully saturated rings. The summed E-state index contributed by atoms with van der Waals surface area (Å²) in [5.74, 6) is 0. The summed E-state index contributed by atoms with van der Waals surface area (Å²) < 4.78 is 12.0. The molecule has 0 aliphatic carbocycles. The van der Waals surface area contributed by atoms with Crippen LogP contribution in [0.15, 0.2) is 0 Å². The first-order valence-corrected chi connectivity index (χ1v) is 7.85. The molecule has 2 rings (SSSR count). The molecule has 0 aromatic carbocycles. The summed E-state index contributed by atoms with van der Waals surface area (Å²) in [7, 11) is 0. The van der Waals surface area contributed by atoms with E-state index in [1.165, 1.54) is 32.2 Å². The number of hydrogen-bond acceptors (Lipinski definition) is 3. The van der Waals surface area contributed by atoms with E-state index in [0.717, 1.165) is 13.2 Å². The van der Waals surface area contributed by atoms with Crippen molar-refractivity contribution in [1.82, 2.24) is 4.90 Å². The van der Waals surface area contributed by atoms with E-state index in [-0.39, 0.29) is 5.60 Å². The predicted molar refractivity (Wildman–Crippen MR) is 78.5 cm³/mol. The molecular weight excluding hydrogens is 238 g/mol. The van der Waals surface area contributed by atoms with Crippen molar-refractivity contribution < 1.29 is 9.47 Å². The fraction of sp³-hybridized carbons (Fsp3) is 1.00. The van der Waals surface area contributed by atoms with E-state index >= 15 is 0 Å². The van der Waals surface area contributed by atoms with E-state index < -0.39 is 0 Å². The molecule has 0 radical (unpaired) electrons. The van der Waals surface area contributed by atoms with Gasteiger partial charge in [0.25, 0.3) is 0 Å². The normalized spacial score (nSPS) is 32.2. The van der Waals surface area contributed by atoms with Gasteiger partial charge in [-0.1, -0.05) is 0 Å². The van der Waals surface area contributed by atoms with Gasteiger partial charge in [0.2, 0.25) is 0 Å². The maximum absolute atomic E-state index is 6.01. The van der Waals surface area contributed by atoms with Crippen molar-refractivity contribution in [2.45, 2.75) is 83.6 Å². The van der Waals surface area contributed by atoms with Crippen LogP contribution >= 0.6 is 0 Å². The lowest BCUT2D eigenvalue weighted by Crippen LogP contribution is -2.48. The zero-order valence-corrected chi connectivity index (χ0v) is 13.4. The molecule has 19 heavy (non-hydrogen) atoms. The Labute approximate surface area is 118 Å². The maximum Gasteiger partial charge on any atom is 0.0654 e.